The third kappa shape index (κ3) is 2.74. The summed E-state index contributed by atoms with van der Waals surface area (Å²) < 4.78 is 2.30. The molecule has 22 heavy (non-hydrogen) atoms. The van der Waals surface area contributed by atoms with E-state index in [1.807, 2.05) is 24.4 Å². The van der Waals surface area contributed by atoms with Crippen molar-refractivity contribution in [1.82, 2.24) is 24.4 Å². The van der Waals surface area contributed by atoms with E-state index in [1.165, 1.54) is 12.8 Å². The maximum Gasteiger partial charge on any atom is 0.123 e. The van der Waals surface area contributed by atoms with Crippen LogP contribution in [0.3, 0.4) is 0 Å². The topological polar surface area (TPSA) is 49.7 Å². The van der Waals surface area contributed by atoms with Gasteiger partial charge in [0.25, 0.3) is 0 Å². The van der Waals surface area contributed by atoms with Crippen molar-refractivity contribution >= 4 is 22.6 Å². The van der Waals surface area contributed by atoms with Gasteiger partial charge in [0.1, 0.15) is 11.6 Å². The minimum atomic E-state index is 0.666. The second kappa shape index (κ2) is 5.41. The second-order valence-corrected chi connectivity index (χ2v) is 6.44. The number of benzene rings is 1. The summed E-state index contributed by atoms with van der Waals surface area (Å²) in [4.78, 5) is 14.7. The number of hydrogen-bond donors (Lipinski definition) is 1. The normalized spacial score (nSPS) is 15.0. The first kappa shape index (κ1) is 13.8. The van der Waals surface area contributed by atoms with Crippen LogP contribution >= 0.6 is 11.6 Å². The van der Waals surface area contributed by atoms with Crippen LogP contribution in [0.5, 0.6) is 0 Å². The van der Waals surface area contributed by atoms with E-state index in [-0.39, 0.29) is 0 Å². The molecule has 0 saturated heterocycles. The molecule has 1 saturated carbocycles. The van der Waals surface area contributed by atoms with Gasteiger partial charge < -0.3 is 9.55 Å². The lowest BCUT2D eigenvalue weighted by Gasteiger charge is -2.15. The molecule has 1 fully saturated rings. The molecule has 2 heterocycles. The van der Waals surface area contributed by atoms with Crippen LogP contribution in [0.15, 0.2) is 30.6 Å². The van der Waals surface area contributed by atoms with Crippen molar-refractivity contribution in [1.29, 1.82) is 0 Å². The number of hydrogen-bond acceptors (Lipinski definition) is 3. The Bertz CT molecular complexity index is 802. The van der Waals surface area contributed by atoms with E-state index in [1.54, 1.807) is 0 Å². The van der Waals surface area contributed by atoms with Crippen molar-refractivity contribution in [3.63, 3.8) is 0 Å². The predicted molar refractivity (Wildman–Crippen MR) is 86.8 cm³/mol. The lowest BCUT2D eigenvalue weighted by Crippen LogP contribution is -2.20. The number of aromatic nitrogens is 4. The van der Waals surface area contributed by atoms with E-state index < -0.39 is 0 Å². The van der Waals surface area contributed by atoms with Crippen LogP contribution in [0.4, 0.5) is 0 Å². The van der Waals surface area contributed by atoms with Gasteiger partial charge in [0.15, 0.2) is 0 Å². The smallest absolute Gasteiger partial charge is 0.123 e. The van der Waals surface area contributed by atoms with Gasteiger partial charge >= 0.3 is 0 Å². The standard InChI is InChI=1S/C16H18ClN5/c1-21(10-16-18-6-7-22(16)12-3-4-12)9-15-19-13-5-2-11(17)8-14(13)20-15/h2,5-8,12H,3-4,9-10H2,1H3,(H,19,20). The molecule has 3 aromatic rings. The van der Waals surface area contributed by atoms with E-state index in [0.29, 0.717) is 6.04 Å². The Hall–Kier alpha value is -1.85. The van der Waals surface area contributed by atoms with Crippen molar-refractivity contribution in [2.75, 3.05) is 7.05 Å². The number of nitrogens with one attached hydrogen (secondary N) is 1. The lowest BCUT2D eigenvalue weighted by molar-refractivity contribution is 0.298. The third-order valence-electron chi connectivity index (χ3n) is 4.01. The zero-order valence-corrected chi connectivity index (χ0v) is 13.2. The number of rotatable bonds is 5. The highest BCUT2D eigenvalue weighted by Crippen LogP contribution is 2.35. The summed E-state index contributed by atoms with van der Waals surface area (Å²) in [6, 6.07) is 6.38. The quantitative estimate of drug-likeness (QED) is 0.785. The van der Waals surface area contributed by atoms with Gasteiger partial charge in [0.05, 0.1) is 24.1 Å². The molecule has 0 radical (unpaired) electrons. The average Bonchev–Trinajstić information content (AvgIpc) is 3.09. The first-order chi connectivity index (χ1) is 10.7. The van der Waals surface area contributed by atoms with Gasteiger partial charge in [0, 0.05) is 23.5 Å². The van der Waals surface area contributed by atoms with Crippen molar-refractivity contribution in [2.45, 2.75) is 32.0 Å². The average molecular weight is 316 g/mol. The minimum absolute atomic E-state index is 0.666. The number of aromatic amines is 1. The SMILES string of the molecule is CN(Cc1nc2ccc(Cl)cc2[nH]1)Cc1nccn1C1CC1. The van der Waals surface area contributed by atoms with Crippen LogP contribution in [0.2, 0.25) is 5.02 Å². The van der Waals surface area contributed by atoms with Crippen molar-refractivity contribution < 1.29 is 0 Å². The number of fused-ring (bicyclic) bond motifs is 1. The lowest BCUT2D eigenvalue weighted by atomic mass is 10.3. The van der Waals surface area contributed by atoms with Crippen LogP contribution in [0, 0.1) is 0 Å². The second-order valence-electron chi connectivity index (χ2n) is 6.00. The molecule has 1 N–H and O–H groups in total. The molecule has 2 aromatic heterocycles. The van der Waals surface area contributed by atoms with Crippen LogP contribution in [0.25, 0.3) is 11.0 Å². The number of halogens is 1. The van der Waals surface area contributed by atoms with Gasteiger partial charge in [-0.25, -0.2) is 9.97 Å². The molecule has 5 nitrogen and oxygen atoms in total. The molecule has 0 unspecified atom stereocenters. The molecule has 1 aliphatic rings. The Kier molecular flexibility index (Phi) is 3.39. The zero-order valence-electron chi connectivity index (χ0n) is 12.5. The van der Waals surface area contributed by atoms with Crippen molar-refractivity contribution in [3.05, 3.63) is 47.3 Å². The molecule has 0 spiro atoms. The van der Waals surface area contributed by atoms with Crippen LogP contribution in [-0.2, 0) is 13.1 Å². The van der Waals surface area contributed by atoms with Crippen LogP contribution in [-0.4, -0.2) is 31.5 Å². The minimum Gasteiger partial charge on any atom is -0.341 e. The fourth-order valence-corrected chi connectivity index (χ4v) is 2.99. The highest BCUT2D eigenvalue weighted by atomic mass is 35.5. The third-order valence-corrected chi connectivity index (χ3v) is 4.25. The van der Waals surface area contributed by atoms with Crippen molar-refractivity contribution in [2.24, 2.45) is 0 Å². The molecule has 114 valence electrons. The molecule has 1 aliphatic carbocycles. The van der Waals surface area contributed by atoms with Gasteiger partial charge in [0.2, 0.25) is 0 Å². The summed E-state index contributed by atoms with van der Waals surface area (Å²) in [5.41, 5.74) is 1.93. The fraction of sp³-hybridized carbons (Fsp3) is 0.375. The molecule has 4 rings (SSSR count). The predicted octanol–water partition coefficient (Wildman–Crippen LogP) is 3.38. The molecular weight excluding hydrogens is 298 g/mol. The maximum atomic E-state index is 6.01. The molecule has 0 amide bonds. The largest absolute Gasteiger partial charge is 0.341 e. The maximum absolute atomic E-state index is 6.01. The van der Waals surface area contributed by atoms with Gasteiger partial charge in [-0.05, 0) is 38.1 Å². The highest BCUT2D eigenvalue weighted by molar-refractivity contribution is 6.31. The molecule has 0 bridgehead atoms. The Balaban J connectivity index is 1.48. The number of imidazole rings is 2. The number of H-pyrrole nitrogens is 1. The molecule has 0 aliphatic heterocycles. The van der Waals surface area contributed by atoms with Crippen molar-refractivity contribution in [3.8, 4) is 0 Å². The van der Waals surface area contributed by atoms with Crippen LogP contribution < -0.4 is 0 Å². The van der Waals surface area contributed by atoms with Crippen LogP contribution in [0.1, 0.15) is 30.5 Å². The summed E-state index contributed by atoms with van der Waals surface area (Å²) in [6.45, 7) is 1.57. The Morgan fingerprint density at radius 3 is 3.05 bits per heavy atom. The van der Waals surface area contributed by atoms with Gasteiger partial charge in [-0.2, -0.15) is 0 Å². The van der Waals surface area contributed by atoms with E-state index in [0.717, 1.165) is 40.8 Å². The summed E-state index contributed by atoms with van der Waals surface area (Å²) in [5, 5.41) is 0.725. The first-order valence-corrected chi connectivity index (χ1v) is 7.91. The van der Waals surface area contributed by atoms with Gasteiger partial charge in [-0.15, -0.1) is 0 Å². The summed E-state index contributed by atoms with van der Waals surface area (Å²) in [6.07, 6.45) is 6.53. The Morgan fingerprint density at radius 1 is 1.36 bits per heavy atom. The zero-order chi connectivity index (χ0) is 15.1. The number of nitrogens with zero attached hydrogens (tertiary/aromatic N) is 4. The van der Waals surface area contributed by atoms with E-state index in [4.69, 9.17) is 11.6 Å². The summed E-state index contributed by atoms with van der Waals surface area (Å²) in [5.74, 6) is 2.08. The molecular formula is C16H18ClN5. The van der Waals surface area contributed by atoms with E-state index in [2.05, 4.69) is 37.7 Å². The molecule has 0 atom stereocenters. The summed E-state index contributed by atoms with van der Waals surface area (Å²) in [7, 11) is 2.09. The van der Waals surface area contributed by atoms with E-state index >= 15 is 0 Å². The molecule has 1 aromatic carbocycles. The fourth-order valence-electron chi connectivity index (χ4n) is 2.81. The van der Waals surface area contributed by atoms with Gasteiger partial charge in [-0.1, -0.05) is 11.6 Å². The monoisotopic (exact) mass is 315 g/mol. The Labute approximate surface area is 133 Å². The summed E-state index contributed by atoms with van der Waals surface area (Å²) >= 11 is 6.01. The molecule has 6 heteroatoms. The first-order valence-electron chi connectivity index (χ1n) is 7.53. The highest BCUT2D eigenvalue weighted by Gasteiger charge is 2.25. The van der Waals surface area contributed by atoms with Gasteiger partial charge in [-0.3, -0.25) is 4.90 Å². The Morgan fingerprint density at radius 2 is 2.23 bits per heavy atom. The van der Waals surface area contributed by atoms with E-state index in [9.17, 15) is 0 Å².